The van der Waals surface area contributed by atoms with Crippen molar-refractivity contribution in [1.82, 2.24) is 0 Å². The average Bonchev–Trinajstić information content (AvgIpc) is 2.63. The monoisotopic (exact) mass is 247 g/mol. The molecule has 2 heteroatoms. The van der Waals surface area contributed by atoms with Gasteiger partial charge in [0.05, 0.1) is 11.6 Å². The fourth-order valence-corrected chi connectivity index (χ4v) is 3.03. The quantitative estimate of drug-likeness (QED) is 0.887. The maximum Gasteiger partial charge on any atom is 0.0783 e. The molecule has 1 heterocycles. The van der Waals surface area contributed by atoms with Crippen LogP contribution in [-0.4, -0.2) is 23.3 Å². The maximum atomic E-state index is 10.2. The highest BCUT2D eigenvalue weighted by molar-refractivity contribution is 5.62. The van der Waals surface area contributed by atoms with Gasteiger partial charge >= 0.3 is 0 Å². The van der Waals surface area contributed by atoms with E-state index in [0.29, 0.717) is 0 Å². The van der Waals surface area contributed by atoms with Crippen LogP contribution < -0.4 is 4.90 Å². The van der Waals surface area contributed by atoms with E-state index in [2.05, 4.69) is 50.8 Å². The zero-order valence-electron chi connectivity index (χ0n) is 12.0. The van der Waals surface area contributed by atoms with Crippen LogP contribution >= 0.6 is 0 Å². The standard InChI is InChI=1S/C16H25NO/c1-5-12-8-7-9-13(6-2)15(12)17-11-10-14(18)16(17,3)4/h7-9,14,18H,5-6,10-11H2,1-4H3. The van der Waals surface area contributed by atoms with Crippen molar-refractivity contribution in [2.45, 2.75) is 58.6 Å². The zero-order valence-corrected chi connectivity index (χ0v) is 12.0. The molecule has 1 fully saturated rings. The lowest BCUT2D eigenvalue weighted by atomic mass is 9.95. The number of hydrogen-bond donors (Lipinski definition) is 1. The Bertz CT molecular complexity index is 403. The molecule has 2 rings (SSSR count). The molecule has 1 saturated heterocycles. The molecule has 0 spiro atoms. The summed E-state index contributed by atoms with van der Waals surface area (Å²) in [5, 5.41) is 10.2. The highest BCUT2D eigenvalue weighted by atomic mass is 16.3. The summed E-state index contributed by atoms with van der Waals surface area (Å²) in [6.07, 6.45) is 2.73. The van der Waals surface area contributed by atoms with Crippen molar-refractivity contribution in [3.8, 4) is 0 Å². The average molecular weight is 247 g/mol. The van der Waals surface area contributed by atoms with Gasteiger partial charge in [0.25, 0.3) is 0 Å². The van der Waals surface area contributed by atoms with Gasteiger partial charge in [0, 0.05) is 12.2 Å². The Morgan fingerprint density at radius 3 is 2.17 bits per heavy atom. The van der Waals surface area contributed by atoms with Crippen LogP contribution in [0.4, 0.5) is 5.69 Å². The Labute approximate surface area is 111 Å². The van der Waals surface area contributed by atoms with E-state index in [4.69, 9.17) is 0 Å². The highest BCUT2D eigenvalue weighted by Gasteiger charge is 2.41. The van der Waals surface area contributed by atoms with Gasteiger partial charge in [-0.2, -0.15) is 0 Å². The Hall–Kier alpha value is -1.02. The molecule has 1 aromatic carbocycles. The van der Waals surface area contributed by atoms with Gasteiger partial charge in [0.1, 0.15) is 0 Å². The molecule has 100 valence electrons. The first kappa shape index (κ1) is 13.4. The molecule has 1 aromatic rings. The summed E-state index contributed by atoms with van der Waals surface area (Å²) in [5.74, 6) is 0. The minimum atomic E-state index is -0.230. The molecule has 0 aliphatic carbocycles. The fraction of sp³-hybridized carbons (Fsp3) is 0.625. The molecule has 0 bridgehead atoms. The number of benzene rings is 1. The topological polar surface area (TPSA) is 23.5 Å². The molecule has 2 nitrogen and oxygen atoms in total. The van der Waals surface area contributed by atoms with E-state index in [9.17, 15) is 5.11 Å². The van der Waals surface area contributed by atoms with Gasteiger partial charge in [-0.15, -0.1) is 0 Å². The summed E-state index contributed by atoms with van der Waals surface area (Å²) in [4.78, 5) is 2.41. The summed E-state index contributed by atoms with van der Waals surface area (Å²) in [6.45, 7) is 9.67. The van der Waals surface area contributed by atoms with Crippen LogP contribution in [0, 0.1) is 0 Å². The molecule has 1 unspecified atom stereocenters. The van der Waals surface area contributed by atoms with E-state index in [-0.39, 0.29) is 11.6 Å². The first-order valence-electron chi connectivity index (χ1n) is 7.08. The predicted molar refractivity (Wildman–Crippen MR) is 77.2 cm³/mol. The molecule has 1 aliphatic rings. The third-order valence-electron chi connectivity index (χ3n) is 4.37. The minimum Gasteiger partial charge on any atom is -0.391 e. The molecule has 0 aromatic heterocycles. The Kier molecular flexibility index (Phi) is 3.67. The predicted octanol–water partition coefficient (Wildman–Crippen LogP) is 3.16. The Morgan fingerprint density at radius 2 is 1.78 bits per heavy atom. The third kappa shape index (κ3) is 2.03. The van der Waals surface area contributed by atoms with Crippen LogP contribution in [0.15, 0.2) is 18.2 Å². The van der Waals surface area contributed by atoms with E-state index < -0.39 is 0 Å². The zero-order chi connectivity index (χ0) is 13.3. The number of hydrogen-bond acceptors (Lipinski definition) is 2. The van der Waals surface area contributed by atoms with Crippen molar-refractivity contribution in [3.63, 3.8) is 0 Å². The van der Waals surface area contributed by atoms with Crippen molar-refractivity contribution in [2.24, 2.45) is 0 Å². The third-order valence-corrected chi connectivity index (χ3v) is 4.37. The van der Waals surface area contributed by atoms with Gasteiger partial charge in [0.15, 0.2) is 0 Å². The molecular weight excluding hydrogens is 222 g/mol. The summed E-state index contributed by atoms with van der Waals surface area (Å²) in [5.41, 5.74) is 4.01. The van der Waals surface area contributed by atoms with Crippen LogP contribution in [0.25, 0.3) is 0 Å². The van der Waals surface area contributed by atoms with Crippen molar-refractivity contribution in [3.05, 3.63) is 29.3 Å². The molecule has 18 heavy (non-hydrogen) atoms. The van der Waals surface area contributed by atoms with Crippen LogP contribution in [-0.2, 0) is 12.8 Å². The van der Waals surface area contributed by atoms with Gasteiger partial charge in [-0.3, -0.25) is 0 Å². The van der Waals surface area contributed by atoms with Crippen molar-refractivity contribution < 1.29 is 5.11 Å². The van der Waals surface area contributed by atoms with Crippen LogP contribution in [0.1, 0.15) is 45.2 Å². The first-order chi connectivity index (χ1) is 8.52. The van der Waals surface area contributed by atoms with Crippen LogP contribution in [0.2, 0.25) is 0 Å². The van der Waals surface area contributed by atoms with Crippen molar-refractivity contribution in [1.29, 1.82) is 0 Å². The molecule has 0 radical (unpaired) electrons. The smallest absolute Gasteiger partial charge is 0.0783 e. The Balaban J connectivity index is 2.50. The van der Waals surface area contributed by atoms with Gasteiger partial charge in [-0.05, 0) is 44.2 Å². The van der Waals surface area contributed by atoms with E-state index in [1.165, 1.54) is 16.8 Å². The SMILES string of the molecule is CCc1cccc(CC)c1N1CCC(O)C1(C)C. The number of aryl methyl sites for hydroxylation is 2. The molecular formula is C16H25NO. The number of anilines is 1. The van der Waals surface area contributed by atoms with Crippen molar-refractivity contribution >= 4 is 5.69 Å². The van der Waals surface area contributed by atoms with Gasteiger partial charge < -0.3 is 10.0 Å². The second-order valence-corrected chi connectivity index (χ2v) is 5.74. The number of nitrogens with zero attached hydrogens (tertiary/aromatic N) is 1. The Morgan fingerprint density at radius 1 is 1.22 bits per heavy atom. The van der Waals surface area contributed by atoms with E-state index in [0.717, 1.165) is 25.8 Å². The van der Waals surface area contributed by atoms with Crippen LogP contribution in [0.3, 0.4) is 0 Å². The maximum absolute atomic E-state index is 10.2. The molecule has 0 saturated carbocycles. The summed E-state index contributed by atoms with van der Waals surface area (Å²) < 4.78 is 0. The lowest BCUT2D eigenvalue weighted by Crippen LogP contribution is -2.45. The normalized spacial score (nSPS) is 22.5. The summed E-state index contributed by atoms with van der Waals surface area (Å²) >= 11 is 0. The lowest BCUT2D eigenvalue weighted by molar-refractivity contribution is 0.127. The molecule has 1 aliphatic heterocycles. The van der Waals surface area contributed by atoms with Gasteiger partial charge in [-0.1, -0.05) is 32.0 Å². The van der Waals surface area contributed by atoms with Gasteiger partial charge in [-0.25, -0.2) is 0 Å². The number of rotatable bonds is 3. The second-order valence-electron chi connectivity index (χ2n) is 5.74. The number of aliphatic hydroxyl groups excluding tert-OH is 1. The highest BCUT2D eigenvalue weighted by Crippen LogP contribution is 2.38. The van der Waals surface area contributed by atoms with E-state index >= 15 is 0 Å². The number of para-hydroxylation sites is 1. The van der Waals surface area contributed by atoms with Crippen molar-refractivity contribution in [2.75, 3.05) is 11.4 Å². The van der Waals surface area contributed by atoms with Gasteiger partial charge in [0.2, 0.25) is 0 Å². The first-order valence-corrected chi connectivity index (χ1v) is 7.08. The van der Waals surface area contributed by atoms with E-state index in [1.54, 1.807) is 0 Å². The lowest BCUT2D eigenvalue weighted by Gasteiger charge is -2.38. The van der Waals surface area contributed by atoms with Crippen LogP contribution in [0.5, 0.6) is 0 Å². The second kappa shape index (κ2) is 4.93. The van der Waals surface area contributed by atoms with E-state index in [1.807, 2.05) is 0 Å². The fourth-order valence-electron chi connectivity index (χ4n) is 3.03. The minimum absolute atomic E-state index is 0.158. The molecule has 0 amide bonds. The molecule has 1 N–H and O–H groups in total. The summed E-state index contributed by atoms with van der Waals surface area (Å²) in [7, 11) is 0. The number of aliphatic hydroxyl groups is 1. The molecule has 1 atom stereocenters. The summed E-state index contributed by atoms with van der Waals surface area (Å²) in [6, 6.07) is 6.59. The largest absolute Gasteiger partial charge is 0.391 e.